The third kappa shape index (κ3) is 3.06. The lowest BCUT2D eigenvalue weighted by Gasteiger charge is -2.16. The van der Waals surface area contributed by atoms with Crippen molar-refractivity contribution in [3.05, 3.63) is 33.8 Å². The number of hydrogen-bond donors (Lipinski definition) is 1. The molecular weight excluding hydrogens is 270 g/mol. The Kier molecular flexibility index (Phi) is 4.96. The van der Waals surface area contributed by atoms with E-state index in [-0.39, 0.29) is 5.97 Å². The Hall–Kier alpha value is -0.870. The Balaban J connectivity index is 2.99. The van der Waals surface area contributed by atoms with Crippen LogP contribution in [-0.2, 0) is 9.53 Å². The summed E-state index contributed by atoms with van der Waals surface area (Å²) in [4.78, 5) is 11.7. The van der Waals surface area contributed by atoms with Gasteiger partial charge in [0, 0.05) is 4.47 Å². The standard InChI is InChI=1S/C12H16BrNO2/c1-4-16-12(15)11(14-3)9-6-5-8(2)7-10(9)13/h5-7,11,14H,4H2,1-3H3. The van der Waals surface area contributed by atoms with Gasteiger partial charge < -0.3 is 10.1 Å². The van der Waals surface area contributed by atoms with E-state index >= 15 is 0 Å². The molecule has 0 aliphatic heterocycles. The predicted octanol–water partition coefficient (Wildman–Crippen LogP) is 2.58. The largest absolute Gasteiger partial charge is 0.465 e. The normalized spacial score (nSPS) is 12.2. The van der Waals surface area contributed by atoms with Crippen LogP contribution in [0.15, 0.2) is 22.7 Å². The molecule has 0 radical (unpaired) electrons. The molecule has 0 spiro atoms. The Labute approximate surface area is 104 Å². The molecule has 1 aromatic carbocycles. The molecule has 1 aromatic rings. The van der Waals surface area contributed by atoms with E-state index < -0.39 is 6.04 Å². The van der Waals surface area contributed by atoms with Crippen LogP contribution in [0.3, 0.4) is 0 Å². The molecule has 1 rings (SSSR count). The molecule has 0 aliphatic carbocycles. The number of aryl methyl sites for hydroxylation is 1. The van der Waals surface area contributed by atoms with E-state index in [0.29, 0.717) is 6.61 Å². The van der Waals surface area contributed by atoms with Crippen molar-refractivity contribution >= 4 is 21.9 Å². The average Bonchev–Trinajstić information content (AvgIpc) is 2.22. The van der Waals surface area contributed by atoms with Gasteiger partial charge in [-0.15, -0.1) is 0 Å². The smallest absolute Gasteiger partial charge is 0.327 e. The quantitative estimate of drug-likeness (QED) is 0.865. The van der Waals surface area contributed by atoms with Gasteiger partial charge in [-0.25, -0.2) is 4.79 Å². The maximum atomic E-state index is 11.7. The summed E-state index contributed by atoms with van der Waals surface area (Å²) in [7, 11) is 1.74. The highest BCUT2D eigenvalue weighted by Gasteiger charge is 2.21. The van der Waals surface area contributed by atoms with E-state index in [4.69, 9.17) is 4.74 Å². The number of likely N-dealkylation sites (N-methyl/N-ethyl adjacent to an activating group) is 1. The van der Waals surface area contributed by atoms with Crippen LogP contribution in [0.5, 0.6) is 0 Å². The molecule has 1 atom stereocenters. The van der Waals surface area contributed by atoms with Crippen molar-refractivity contribution in [2.75, 3.05) is 13.7 Å². The monoisotopic (exact) mass is 285 g/mol. The van der Waals surface area contributed by atoms with Gasteiger partial charge in [0.05, 0.1) is 6.61 Å². The zero-order valence-corrected chi connectivity index (χ0v) is 11.3. The first-order valence-electron chi connectivity index (χ1n) is 5.20. The number of carbonyl (C=O) groups excluding carboxylic acids is 1. The fraction of sp³-hybridized carbons (Fsp3) is 0.417. The van der Waals surface area contributed by atoms with E-state index in [1.54, 1.807) is 14.0 Å². The van der Waals surface area contributed by atoms with Crippen molar-refractivity contribution in [2.24, 2.45) is 0 Å². The molecular formula is C12H16BrNO2. The first-order chi connectivity index (χ1) is 7.60. The minimum atomic E-state index is -0.421. The number of ether oxygens (including phenoxy) is 1. The topological polar surface area (TPSA) is 38.3 Å². The molecule has 16 heavy (non-hydrogen) atoms. The molecule has 0 amide bonds. The number of carbonyl (C=O) groups is 1. The fourth-order valence-corrected chi connectivity index (χ4v) is 2.21. The van der Waals surface area contributed by atoms with Crippen molar-refractivity contribution in [3.8, 4) is 0 Å². The lowest BCUT2D eigenvalue weighted by molar-refractivity contribution is -0.145. The third-order valence-corrected chi connectivity index (χ3v) is 2.96. The van der Waals surface area contributed by atoms with Gasteiger partial charge in [-0.1, -0.05) is 28.1 Å². The molecule has 88 valence electrons. The molecule has 0 bridgehead atoms. The van der Waals surface area contributed by atoms with E-state index in [1.165, 1.54) is 0 Å². The van der Waals surface area contributed by atoms with Crippen LogP contribution in [0, 0.1) is 6.92 Å². The zero-order chi connectivity index (χ0) is 12.1. The highest BCUT2D eigenvalue weighted by atomic mass is 79.9. The lowest BCUT2D eigenvalue weighted by atomic mass is 10.1. The van der Waals surface area contributed by atoms with Crippen molar-refractivity contribution < 1.29 is 9.53 Å². The minimum absolute atomic E-state index is 0.255. The summed E-state index contributed by atoms with van der Waals surface area (Å²) in [6, 6.07) is 5.47. The first-order valence-corrected chi connectivity index (χ1v) is 5.99. The number of nitrogens with one attached hydrogen (secondary N) is 1. The van der Waals surface area contributed by atoms with Crippen LogP contribution >= 0.6 is 15.9 Å². The van der Waals surface area contributed by atoms with Gasteiger partial charge in [0.25, 0.3) is 0 Å². The zero-order valence-electron chi connectivity index (χ0n) is 9.71. The molecule has 1 unspecified atom stereocenters. The summed E-state index contributed by atoms with van der Waals surface area (Å²) >= 11 is 3.46. The Morgan fingerprint density at radius 2 is 2.25 bits per heavy atom. The summed E-state index contributed by atoms with van der Waals surface area (Å²) in [5, 5.41) is 2.96. The van der Waals surface area contributed by atoms with Crippen molar-refractivity contribution in [3.63, 3.8) is 0 Å². The number of benzene rings is 1. The summed E-state index contributed by atoms with van der Waals surface area (Å²) in [5.74, 6) is -0.255. The maximum Gasteiger partial charge on any atom is 0.327 e. The first kappa shape index (κ1) is 13.2. The molecule has 4 heteroatoms. The van der Waals surface area contributed by atoms with Crippen LogP contribution in [0.4, 0.5) is 0 Å². The summed E-state index contributed by atoms with van der Waals surface area (Å²) < 4.78 is 5.93. The minimum Gasteiger partial charge on any atom is -0.465 e. The molecule has 0 saturated carbocycles. The molecule has 0 aromatic heterocycles. The second-order valence-corrected chi connectivity index (χ2v) is 4.35. The lowest BCUT2D eigenvalue weighted by Crippen LogP contribution is -2.27. The summed E-state index contributed by atoms with van der Waals surface area (Å²) in [5.41, 5.74) is 2.04. The Bertz CT molecular complexity index is 379. The van der Waals surface area contributed by atoms with Crippen LogP contribution in [0.2, 0.25) is 0 Å². The van der Waals surface area contributed by atoms with Crippen LogP contribution in [0.25, 0.3) is 0 Å². The Morgan fingerprint density at radius 3 is 2.75 bits per heavy atom. The Morgan fingerprint density at radius 1 is 1.56 bits per heavy atom. The second-order valence-electron chi connectivity index (χ2n) is 3.50. The third-order valence-electron chi connectivity index (χ3n) is 2.28. The SMILES string of the molecule is CCOC(=O)C(NC)c1ccc(C)cc1Br. The number of rotatable bonds is 4. The van der Waals surface area contributed by atoms with Gasteiger partial charge in [0.1, 0.15) is 6.04 Å². The van der Waals surface area contributed by atoms with Gasteiger partial charge in [-0.05, 0) is 38.1 Å². The fourth-order valence-electron chi connectivity index (χ4n) is 1.49. The number of esters is 1. The van der Waals surface area contributed by atoms with Gasteiger partial charge >= 0.3 is 5.97 Å². The van der Waals surface area contributed by atoms with Crippen LogP contribution < -0.4 is 5.32 Å². The average molecular weight is 286 g/mol. The summed E-state index contributed by atoms with van der Waals surface area (Å²) in [6.07, 6.45) is 0. The van der Waals surface area contributed by atoms with Crippen LogP contribution in [0.1, 0.15) is 24.1 Å². The van der Waals surface area contributed by atoms with Gasteiger partial charge in [0.15, 0.2) is 0 Å². The van der Waals surface area contributed by atoms with E-state index in [2.05, 4.69) is 21.2 Å². The number of hydrogen-bond acceptors (Lipinski definition) is 3. The van der Waals surface area contributed by atoms with Crippen LogP contribution in [-0.4, -0.2) is 19.6 Å². The van der Waals surface area contributed by atoms with E-state index in [0.717, 1.165) is 15.6 Å². The van der Waals surface area contributed by atoms with Gasteiger partial charge in [0.2, 0.25) is 0 Å². The van der Waals surface area contributed by atoms with Gasteiger partial charge in [-0.3, -0.25) is 0 Å². The van der Waals surface area contributed by atoms with Gasteiger partial charge in [-0.2, -0.15) is 0 Å². The van der Waals surface area contributed by atoms with E-state index in [9.17, 15) is 4.79 Å². The van der Waals surface area contributed by atoms with Crippen molar-refractivity contribution in [1.82, 2.24) is 5.32 Å². The molecule has 3 nitrogen and oxygen atoms in total. The maximum absolute atomic E-state index is 11.7. The highest BCUT2D eigenvalue weighted by Crippen LogP contribution is 2.25. The van der Waals surface area contributed by atoms with E-state index in [1.807, 2.05) is 25.1 Å². The summed E-state index contributed by atoms with van der Waals surface area (Å²) in [6.45, 7) is 4.20. The molecule has 1 N–H and O–H groups in total. The van der Waals surface area contributed by atoms with Crippen molar-refractivity contribution in [2.45, 2.75) is 19.9 Å². The van der Waals surface area contributed by atoms with Crippen molar-refractivity contribution in [1.29, 1.82) is 0 Å². The molecule has 0 fully saturated rings. The second kappa shape index (κ2) is 6.01. The number of halogens is 1. The molecule has 0 heterocycles. The molecule has 0 saturated heterocycles. The highest BCUT2D eigenvalue weighted by molar-refractivity contribution is 9.10. The molecule has 0 aliphatic rings. The predicted molar refractivity (Wildman–Crippen MR) is 67.3 cm³/mol.